The summed E-state index contributed by atoms with van der Waals surface area (Å²) in [6.07, 6.45) is 3.08. The van der Waals surface area contributed by atoms with Gasteiger partial charge >= 0.3 is 0 Å². The Morgan fingerprint density at radius 3 is 3.00 bits per heavy atom. The van der Waals surface area contributed by atoms with Crippen molar-refractivity contribution in [1.82, 2.24) is 10.3 Å². The van der Waals surface area contributed by atoms with Gasteiger partial charge in [0.25, 0.3) is 5.91 Å². The molecule has 70 valence electrons. The number of nitrogens with zero attached hydrogens (tertiary/aromatic N) is 2. The minimum atomic E-state index is -0.433. The van der Waals surface area contributed by atoms with Gasteiger partial charge in [-0.25, -0.2) is 0 Å². The molecule has 0 unspecified atom stereocenters. The molecule has 14 heavy (non-hydrogen) atoms. The molecular weight excluding hydrogens is 178 g/mol. The van der Waals surface area contributed by atoms with Gasteiger partial charge in [0, 0.05) is 11.8 Å². The molecule has 0 aliphatic heterocycles. The first-order valence-corrected chi connectivity index (χ1v) is 3.96. The predicted molar refractivity (Wildman–Crippen MR) is 52.0 cm³/mol. The number of rotatable bonds is 2. The van der Waals surface area contributed by atoms with Crippen LogP contribution in [0.4, 0.5) is 0 Å². The van der Waals surface area contributed by atoms with E-state index in [1.54, 1.807) is 25.2 Å². The summed E-state index contributed by atoms with van der Waals surface area (Å²) < 4.78 is 0. The van der Waals surface area contributed by atoms with Gasteiger partial charge in [-0.15, -0.1) is 0 Å². The average molecular weight is 187 g/mol. The Labute approximate surface area is 81.9 Å². The number of aromatic nitrogens is 1. The molecule has 0 bridgehead atoms. The smallest absolute Gasteiger partial charge is 0.264 e. The molecule has 0 aliphatic carbocycles. The van der Waals surface area contributed by atoms with Gasteiger partial charge in [-0.05, 0) is 24.6 Å². The highest BCUT2D eigenvalue weighted by Gasteiger charge is 2.05. The topological polar surface area (TPSA) is 65.8 Å². The summed E-state index contributed by atoms with van der Waals surface area (Å²) in [7, 11) is 0. The molecule has 1 heterocycles. The fraction of sp³-hybridized carbons (Fsp3) is 0.100. The Morgan fingerprint density at radius 1 is 1.71 bits per heavy atom. The molecule has 0 saturated carbocycles. The number of hydrogen-bond donors (Lipinski definition) is 1. The second-order valence-corrected chi connectivity index (χ2v) is 2.78. The van der Waals surface area contributed by atoms with Crippen LogP contribution in [0.15, 0.2) is 24.9 Å². The van der Waals surface area contributed by atoms with Crippen LogP contribution < -0.4 is 5.32 Å². The zero-order valence-corrected chi connectivity index (χ0v) is 7.74. The maximum Gasteiger partial charge on any atom is 0.264 e. The third-order valence-corrected chi connectivity index (χ3v) is 1.63. The summed E-state index contributed by atoms with van der Waals surface area (Å²) in [6, 6.07) is 3.13. The van der Waals surface area contributed by atoms with Crippen LogP contribution in [0.5, 0.6) is 0 Å². The molecule has 0 aliphatic rings. The lowest BCUT2D eigenvalue weighted by molar-refractivity contribution is 0.0972. The second kappa shape index (κ2) is 4.19. The molecule has 0 aromatic carbocycles. The molecule has 0 fully saturated rings. The SMILES string of the molecule is C=C(C)c1cc(C(=O)NC#N)ccn1. The first-order chi connectivity index (χ1) is 6.65. The third-order valence-electron chi connectivity index (χ3n) is 1.63. The lowest BCUT2D eigenvalue weighted by Crippen LogP contribution is -2.17. The summed E-state index contributed by atoms with van der Waals surface area (Å²) in [4.78, 5) is 15.2. The van der Waals surface area contributed by atoms with Crippen molar-refractivity contribution >= 4 is 11.5 Å². The summed E-state index contributed by atoms with van der Waals surface area (Å²) in [6.45, 7) is 5.51. The van der Waals surface area contributed by atoms with Gasteiger partial charge in [-0.3, -0.25) is 15.1 Å². The van der Waals surface area contributed by atoms with Gasteiger partial charge in [-0.2, -0.15) is 5.26 Å². The Morgan fingerprint density at radius 2 is 2.43 bits per heavy atom. The van der Waals surface area contributed by atoms with E-state index in [0.29, 0.717) is 11.3 Å². The molecule has 1 N–H and O–H groups in total. The minimum absolute atomic E-state index is 0.402. The second-order valence-electron chi connectivity index (χ2n) is 2.78. The Bertz CT molecular complexity index is 418. The van der Waals surface area contributed by atoms with E-state index >= 15 is 0 Å². The lowest BCUT2D eigenvalue weighted by Gasteiger charge is -2.01. The van der Waals surface area contributed by atoms with Crippen LogP contribution in [0.25, 0.3) is 5.57 Å². The molecular formula is C10H9N3O. The van der Waals surface area contributed by atoms with Gasteiger partial charge in [0.05, 0.1) is 5.69 Å². The maximum absolute atomic E-state index is 11.2. The van der Waals surface area contributed by atoms with Gasteiger partial charge < -0.3 is 0 Å². The van der Waals surface area contributed by atoms with E-state index in [1.807, 2.05) is 5.32 Å². The molecule has 1 aromatic rings. The van der Waals surface area contributed by atoms with Gasteiger partial charge in [0.2, 0.25) is 0 Å². The van der Waals surface area contributed by atoms with E-state index in [2.05, 4.69) is 11.6 Å². The molecule has 0 spiro atoms. The monoisotopic (exact) mass is 187 g/mol. The van der Waals surface area contributed by atoms with E-state index in [0.717, 1.165) is 5.57 Å². The van der Waals surface area contributed by atoms with Crippen molar-refractivity contribution in [3.05, 3.63) is 36.2 Å². The van der Waals surface area contributed by atoms with Crippen molar-refractivity contribution in [2.75, 3.05) is 0 Å². The van der Waals surface area contributed by atoms with E-state index in [9.17, 15) is 4.79 Å². The van der Waals surface area contributed by atoms with Crippen molar-refractivity contribution in [2.24, 2.45) is 0 Å². The van der Waals surface area contributed by atoms with Crippen molar-refractivity contribution in [3.63, 3.8) is 0 Å². The Balaban J connectivity index is 3.01. The standard InChI is InChI=1S/C10H9N3O/c1-7(2)9-5-8(3-4-12-9)10(14)13-6-11/h3-5H,1H2,2H3,(H,13,14). The van der Waals surface area contributed by atoms with Crippen LogP contribution in [0.3, 0.4) is 0 Å². The first kappa shape index (κ1) is 9.93. The van der Waals surface area contributed by atoms with Crippen molar-refractivity contribution in [2.45, 2.75) is 6.92 Å². The minimum Gasteiger partial charge on any atom is -0.268 e. The number of nitriles is 1. The fourth-order valence-electron chi connectivity index (χ4n) is 0.928. The molecule has 0 saturated heterocycles. The predicted octanol–water partition coefficient (Wildman–Crippen LogP) is 1.33. The van der Waals surface area contributed by atoms with Crippen LogP contribution in [-0.4, -0.2) is 10.9 Å². The van der Waals surface area contributed by atoms with Gasteiger partial charge in [-0.1, -0.05) is 6.58 Å². The van der Waals surface area contributed by atoms with E-state index in [1.165, 1.54) is 6.20 Å². The summed E-state index contributed by atoms with van der Waals surface area (Å²) in [5, 5.41) is 10.3. The third kappa shape index (κ3) is 2.17. The highest BCUT2D eigenvalue weighted by molar-refractivity contribution is 5.95. The van der Waals surface area contributed by atoms with Crippen LogP contribution in [0.1, 0.15) is 23.0 Å². The molecule has 4 heteroatoms. The number of nitrogens with one attached hydrogen (secondary N) is 1. The summed E-state index contributed by atoms with van der Waals surface area (Å²) >= 11 is 0. The van der Waals surface area contributed by atoms with Crippen molar-refractivity contribution in [3.8, 4) is 6.19 Å². The lowest BCUT2D eigenvalue weighted by atomic mass is 10.1. The normalized spacial score (nSPS) is 8.86. The van der Waals surface area contributed by atoms with Crippen molar-refractivity contribution < 1.29 is 4.79 Å². The van der Waals surface area contributed by atoms with Crippen LogP contribution in [0.2, 0.25) is 0 Å². The number of hydrogen-bond acceptors (Lipinski definition) is 3. The summed E-state index contributed by atoms with van der Waals surface area (Å²) in [5.41, 5.74) is 1.83. The molecule has 1 rings (SSSR count). The largest absolute Gasteiger partial charge is 0.268 e. The zero-order chi connectivity index (χ0) is 10.6. The van der Waals surface area contributed by atoms with E-state index in [-0.39, 0.29) is 0 Å². The highest BCUT2D eigenvalue weighted by Crippen LogP contribution is 2.09. The van der Waals surface area contributed by atoms with Gasteiger partial charge in [0.15, 0.2) is 6.19 Å². The molecule has 0 atom stereocenters. The van der Waals surface area contributed by atoms with Crippen molar-refractivity contribution in [1.29, 1.82) is 5.26 Å². The molecule has 0 radical (unpaired) electrons. The van der Waals surface area contributed by atoms with Crippen LogP contribution in [0, 0.1) is 11.5 Å². The Hall–Kier alpha value is -2.15. The number of carbonyl (C=O) groups is 1. The maximum atomic E-state index is 11.2. The van der Waals surface area contributed by atoms with Crippen LogP contribution >= 0.6 is 0 Å². The van der Waals surface area contributed by atoms with Gasteiger partial charge in [0.1, 0.15) is 0 Å². The van der Waals surface area contributed by atoms with E-state index in [4.69, 9.17) is 5.26 Å². The average Bonchev–Trinajstić information content (AvgIpc) is 2.18. The fourth-order valence-corrected chi connectivity index (χ4v) is 0.928. The van der Waals surface area contributed by atoms with Crippen LogP contribution in [-0.2, 0) is 0 Å². The molecule has 1 aromatic heterocycles. The number of allylic oxidation sites excluding steroid dienone is 1. The Kier molecular flexibility index (Phi) is 2.97. The number of pyridine rings is 1. The highest BCUT2D eigenvalue weighted by atomic mass is 16.1. The number of carbonyl (C=O) groups excluding carboxylic acids is 1. The summed E-state index contributed by atoms with van der Waals surface area (Å²) in [5.74, 6) is -0.433. The number of amides is 1. The zero-order valence-electron chi connectivity index (χ0n) is 7.74. The quantitative estimate of drug-likeness (QED) is 0.561. The molecule has 4 nitrogen and oxygen atoms in total. The molecule has 1 amide bonds. The van der Waals surface area contributed by atoms with E-state index < -0.39 is 5.91 Å². The first-order valence-electron chi connectivity index (χ1n) is 3.96.